The van der Waals surface area contributed by atoms with E-state index in [-0.39, 0.29) is 18.1 Å². The number of ether oxygens (including phenoxy) is 1. The fourth-order valence-corrected chi connectivity index (χ4v) is 5.34. The van der Waals surface area contributed by atoms with E-state index in [1.54, 1.807) is 6.07 Å². The zero-order valence-electron chi connectivity index (χ0n) is 17.5. The van der Waals surface area contributed by atoms with E-state index in [1.165, 1.54) is 29.0 Å². The topological polar surface area (TPSA) is 41.6 Å². The number of nitrogens with one attached hydrogen (secondary N) is 1. The van der Waals surface area contributed by atoms with Crippen molar-refractivity contribution < 1.29 is 22.7 Å². The van der Waals surface area contributed by atoms with Gasteiger partial charge >= 0.3 is 0 Å². The Hall–Kier alpha value is -2.03. The van der Waals surface area contributed by atoms with E-state index >= 15 is 8.78 Å². The number of nitrogens with zero attached hydrogens (tertiary/aromatic N) is 1. The van der Waals surface area contributed by atoms with E-state index in [0.717, 1.165) is 29.5 Å². The maximum atomic E-state index is 15.1. The van der Waals surface area contributed by atoms with Crippen LogP contribution in [0.15, 0.2) is 48.5 Å². The van der Waals surface area contributed by atoms with Crippen molar-refractivity contribution >= 4 is 17.9 Å². The van der Waals surface area contributed by atoms with Crippen LogP contribution in [-0.4, -0.2) is 53.3 Å². The maximum absolute atomic E-state index is 15.1. The largest absolute Gasteiger partial charge is 0.368 e. The summed E-state index contributed by atoms with van der Waals surface area (Å²) in [5, 5.41) is 0.363. The van der Waals surface area contributed by atoms with Crippen LogP contribution in [0.4, 0.5) is 13.2 Å². The molecule has 1 aliphatic carbocycles. The highest BCUT2D eigenvalue weighted by molar-refractivity contribution is 7.98. The minimum Gasteiger partial charge on any atom is -0.368 e. The summed E-state index contributed by atoms with van der Waals surface area (Å²) in [6, 6.07) is 11.9. The average Bonchev–Trinajstić information content (AvgIpc) is 3.51. The van der Waals surface area contributed by atoms with Crippen LogP contribution in [-0.2, 0) is 16.0 Å². The first-order valence-electron chi connectivity index (χ1n) is 11.0. The zero-order chi connectivity index (χ0) is 22.3. The van der Waals surface area contributed by atoms with Crippen LogP contribution in [0.5, 0.6) is 0 Å². The molecule has 2 aromatic rings. The molecule has 3 atom stereocenters. The van der Waals surface area contributed by atoms with Gasteiger partial charge in [-0.25, -0.2) is 13.2 Å². The molecule has 8 heteroatoms. The predicted octanol–water partition coefficient (Wildman–Crippen LogP) is 4.44. The molecule has 3 aliphatic rings. The summed E-state index contributed by atoms with van der Waals surface area (Å²) >= 11 is 1.36. The normalized spacial score (nSPS) is 26.7. The molecule has 1 saturated carbocycles. The Bertz CT molecular complexity index is 997. The van der Waals surface area contributed by atoms with Gasteiger partial charge in [0, 0.05) is 11.7 Å². The molecule has 3 fully saturated rings. The SMILES string of the molecule is O=C(C1CCO1)N1CC(F)(F)[C@H](NSC2CC2)[C@@H]1Cc1cccc(-c2cccc(F)c2)c1. The Balaban J connectivity index is 1.42. The molecule has 0 spiro atoms. The lowest BCUT2D eigenvalue weighted by atomic mass is 9.96. The van der Waals surface area contributed by atoms with Crippen LogP contribution >= 0.6 is 11.9 Å². The highest BCUT2D eigenvalue weighted by Gasteiger charge is 2.57. The van der Waals surface area contributed by atoms with Crippen LogP contribution in [0.2, 0.25) is 0 Å². The second kappa shape index (κ2) is 8.72. The summed E-state index contributed by atoms with van der Waals surface area (Å²) in [5.74, 6) is -3.73. The van der Waals surface area contributed by atoms with Gasteiger partial charge in [0.25, 0.3) is 11.8 Å². The molecule has 170 valence electrons. The molecule has 0 bridgehead atoms. The molecule has 5 rings (SSSR count). The van der Waals surface area contributed by atoms with Crippen molar-refractivity contribution in [3.05, 3.63) is 59.9 Å². The molecule has 2 saturated heterocycles. The van der Waals surface area contributed by atoms with Crippen molar-refractivity contribution in [2.24, 2.45) is 0 Å². The fourth-order valence-electron chi connectivity index (χ4n) is 4.30. The summed E-state index contributed by atoms with van der Waals surface area (Å²) in [7, 11) is 0. The number of likely N-dealkylation sites (tertiary alicyclic amines) is 1. The number of carbonyl (C=O) groups is 1. The van der Waals surface area contributed by atoms with Crippen molar-refractivity contribution in [2.45, 2.75) is 55.0 Å². The first-order chi connectivity index (χ1) is 15.4. The molecule has 0 aromatic heterocycles. The van der Waals surface area contributed by atoms with Crippen molar-refractivity contribution in [2.75, 3.05) is 13.2 Å². The van der Waals surface area contributed by atoms with Crippen molar-refractivity contribution in [1.29, 1.82) is 0 Å². The summed E-state index contributed by atoms with van der Waals surface area (Å²) in [6.45, 7) is -0.122. The highest BCUT2D eigenvalue weighted by Crippen LogP contribution is 2.40. The lowest BCUT2D eigenvalue weighted by Crippen LogP contribution is -2.51. The summed E-state index contributed by atoms with van der Waals surface area (Å²) in [5.41, 5.74) is 2.35. The molecule has 4 nitrogen and oxygen atoms in total. The van der Waals surface area contributed by atoms with Gasteiger partial charge in [-0.2, -0.15) is 0 Å². The fraction of sp³-hybridized carbons (Fsp3) is 0.458. The molecule has 2 heterocycles. The smallest absolute Gasteiger partial charge is 0.283 e. The Kier molecular flexibility index (Phi) is 5.94. The first-order valence-corrected chi connectivity index (χ1v) is 11.8. The number of carbonyl (C=O) groups excluding carboxylic acids is 1. The molecule has 1 unspecified atom stereocenters. The second-order valence-electron chi connectivity index (χ2n) is 8.77. The van der Waals surface area contributed by atoms with E-state index in [1.807, 2.05) is 30.3 Å². The predicted molar refractivity (Wildman–Crippen MR) is 118 cm³/mol. The molecule has 32 heavy (non-hydrogen) atoms. The lowest BCUT2D eigenvalue weighted by molar-refractivity contribution is -0.158. The summed E-state index contributed by atoms with van der Waals surface area (Å²) in [4.78, 5) is 14.2. The van der Waals surface area contributed by atoms with Gasteiger partial charge in [-0.05, 0) is 48.1 Å². The van der Waals surface area contributed by atoms with Crippen LogP contribution < -0.4 is 4.72 Å². The maximum Gasteiger partial charge on any atom is 0.283 e. The molecule has 2 aromatic carbocycles. The number of hydrogen-bond donors (Lipinski definition) is 1. The van der Waals surface area contributed by atoms with Crippen LogP contribution in [0.1, 0.15) is 24.8 Å². The average molecular weight is 463 g/mol. The van der Waals surface area contributed by atoms with Crippen LogP contribution in [0.25, 0.3) is 11.1 Å². The van der Waals surface area contributed by atoms with Gasteiger partial charge in [-0.15, -0.1) is 0 Å². The van der Waals surface area contributed by atoms with E-state index < -0.39 is 30.7 Å². The second-order valence-corrected chi connectivity index (χ2v) is 9.91. The number of hydrogen-bond acceptors (Lipinski definition) is 4. The lowest BCUT2D eigenvalue weighted by Gasteiger charge is -2.34. The third-order valence-electron chi connectivity index (χ3n) is 6.29. The van der Waals surface area contributed by atoms with Gasteiger partial charge in [0.15, 0.2) is 0 Å². The number of benzene rings is 2. The molecule has 1 N–H and O–H groups in total. The van der Waals surface area contributed by atoms with E-state index in [2.05, 4.69) is 4.72 Å². The monoisotopic (exact) mass is 462 g/mol. The van der Waals surface area contributed by atoms with Gasteiger partial charge in [-0.3, -0.25) is 9.52 Å². The number of halogens is 3. The molecule has 1 amide bonds. The minimum atomic E-state index is -3.04. The minimum absolute atomic E-state index is 0.278. The highest BCUT2D eigenvalue weighted by atomic mass is 32.2. The number of amides is 1. The van der Waals surface area contributed by atoms with Gasteiger partial charge in [0.2, 0.25) is 0 Å². The third-order valence-corrected chi connectivity index (χ3v) is 7.49. The van der Waals surface area contributed by atoms with Crippen LogP contribution in [0, 0.1) is 5.82 Å². The Labute approximate surface area is 189 Å². The van der Waals surface area contributed by atoms with E-state index in [4.69, 9.17) is 4.74 Å². The van der Waals surface area contributed by atoms with Gasteiger partial charge in [0.05, 0.1) is 19.2 Å². The first kappa shape index (κ1) is 21.8. The Morgan fingerprint density at radius 1 is 1.12 bits per heavy atom. The third kappa shape index (κ3) is 4.54. The Morgan fingerprint density at radius 2 is 1.84 bits per heavy atom. The number of rotatable bonds is 7. The summed E-state index contributed by atoms with van der Waals surface area (Å²) < 4.78 is 52.1. The summed E-state index contributed by atoms with van der Waals surface area (Å²) in [6.07, 6.45) is 2.27. The van der Waals surface area contributed by atoms with Crippen molar-refractivity contribution in [3.63, 3.8) is 0 Å². The molecular weight excluding hydrogens is 437 g/mol. The van der Waals surface area contributed by atoms with E-state index in [0.29, 0.717) is 18.3 Å². The quantitative estimate of drug-likeness (QED) is 0.618. The Morgan fingerprint density at radius 3 is 2.50 bits per heavy atom. The van der Waals surface area contributed by atoms with Gasteiger partial charge < -0.3 is 9.64 Å². The van der Waals surface area contributed by atoms with Gasteiger partial charge in [0.1, 0.15) is 18.0 Å². The molecular formula is C24H25F3N2O2S. The standard InChI is InChI=1S/C24H25F3N2O2S/c25-18-6-2-5-17(13-18)16-4-1-3-15(11-16)12-20-22(28-32-19-7-8-19)24(26,27)14-29(20)23(30)21-9-10-31-21/h1-6,11,13,19-22,28H,7-10,12,14H2/t20-,21?,22+/m0/s1. The molecule has 2 aliphatic heterocycles. The zero-order valence-corrected chi connectivity index (χ0v) is 18.3. The number of alkyl halides is 2. The van der Waals surface area contributed by atoms with E-state index in [9.17, 15) is 9.18 Å². The van der Waals surface area contributed by atoms with Gasteiger partial charge in [-0.1, -0.05) is 48.3 Å². The van der Waals surface area contributed by atoms with Crippen LogP contribution in [0.3, 0.4) is 0 Å². The molecule has 0 radical (unpaired) electrons. The van der Waals surface area contributed by atoms with Crippen molar-refractivity contribution in [1.82, 2.24) is 9.62 Å². The van der Waals surface area contributed by atoms with Crippen molar-refractivity contribution in [3.8, 4) is 11.1 Å².